The first-order chi connectivity index (χ1) is 14.5. The number of rotatable bonds is 8. The van der Waals surface area contributed by atoms with Crippen LogP contribution in [-0.4, -0.2) is 65.9 Å². The molecule has 2 amide bonds. The second-order valence-corrected chi connectivity index (χ2v) is 9.47. The number of amides is 2. The SMILES string of the molecule is C[C@H](CN1CCN(C)CC1)NC(=O)Nc1cccc(C[S@](=O)Cc2ccccc2)c1. The summed E-state index contributed by atoms with van der Waals surface area (Å²) in [4.78, 5) is 17.1. The Morgan fingerprint density at radius 2 is 1.67 bits per heavy atom. The van der Waals surface area contributed by atoms with Crippen molar-refractivity contribution < 1.29 is 9.00 Å². The predicted octanol–water partition coefficient (Wildman–Crippen LogP) is 2.89. The van der Waals surface area contributed by atoms with E-state index in [0.29, 0.717) is 17.2 Å². The smallest absolute Gasteiger partial charge is 0.319 e. The molecule has 2 aromatic carbocycles. The fourth-order valence-corrected chi connectivity index (χ4v) is 4.81. The van der Waals surface area contributed by atoms with Gasteiger partial charge in [0.05, 0.1) is 0 Å². The predicted molar refractivity (Wildman–Crippen MR) is 124 cm³/mol. The largest absolute Gasteiger partial charge is 0.334 e. The molecule has 6 nitrogen and oxygen atoms in total. The first kappa shape index (κ1) is 22.5. The minimum atomic E-state index is -0.996. The van der Waals surface area contributed by atoms with Crippen molar-refractivity contribution in [3.8, 4) is 0 Å². The van der Waals surface area contributed by atoms with Crippen LogP contribution in [0.15, 0.2) is 54.6 Å². The minimum Gasteiger partial charge on any atom is -0.334 e. The highest BCUT2D eigenvalue weighted by atomic mass is 32.2. The van der Waals surface area contributed by atoms with Crippen LogP contribution in [0.5, 0.6) is 0 Å². The molecule has 0 unspecified atom stereocenters. The molecule has 30 heavy (non-hydrogen) atoms. The number of benzene rings is 2. The third-order valence-electron chi connectivity index (χ3n) is 5.19. The van der Waals surface area contributed by atoms with Gasteiger partial charge < -0.3 is 15.5 Å². The lowest BCUT2D eigenvalue weighted by molar-refractivity contribution is 0.145. The van der Waals surface area contributed by atoms with E-state index in [4.69, 9.17) is 0 Å². The molecule has 1 fully saturated rings. The lowest BCUT2D eigenvalue weighted by atomic mass is 10.2. The first-order valence-corrected chi connectivity index (χ1v) is 11.9. The van der Waals surface area contributed by atoms with Crippen LogP contribution >= 0.6 is 0 Å². The number of hydrogen-bond acceptors (Lipinski definition) is 4. The molecular weight excluding hydrogens is 396 g/mol. The van der Waals surface area contributed by atoms with Crippen LogP contribution in [0.4, 0.5) is 10.5 Å². The molecule has 0 aromatic heterocycles. The molecule has 2 atom stereocenters. The van der Waals surface area contributed by atoms with Crippen molar-refractivity contribution in [1.29, 1.82) is 0 Å². The van der Waals surface area contributed by atoms with Gasteiger partial charge in [0.1, 0.15) is 0 Å². The van der Waals surface area contributed by atoms with E-state index in [1.165, 1.54) is 0 Å². The number of nitrogens with zero attached hydrogens (tertiary/aromatic N) is 2. The Labute approximate surface area is 182 Å². The van der Waals surface area contributed by atoms with Crippen molar-refractivity contribution in [1.82, 2.24) is 15.1 Å². The van der Waals surface area contributed by atoms with E-state index < -0.39 is 10.8 Å². The van der Waals surface area contributed by atoms with Crippen LogP contribution in [0.1, 0.15) is 18.1 Å². The molecule has 1 heterocycles. The van der Waals surface area contributed by atoms with Crippen LogP contribution in [0.2, 0.25) is 0 Å². The lowest BCUT2D eigenvalue weighted by Crippen LogP contribution is -2.50. The Kier molecular flexibility index (Phi) is 8.42. The topological polar surface area (TPSA) is 64.7 Å². The Bertz CT molecular complexity index is 838. The van der Waals surface area contributed by atoms with E-state index in [1.807, 2.05) is 61.5 Å². The van der Waals surface area contributed by atoms with Crippen molar-refractivity contribution in [2.75, 3.05) is 45.1 Å². The van der Waals surface area contributed by atoms with E-state index in [-0.39, 0.29) is 12.1 Å². The molecule has 0 radical (unpaired) electrons. The van der Waals surface area contributed by atoms with E-state index in [2.05, 4.69) is 27.5 Å². The molecule has 162 valence electrons. The molecule has 2 aromatic rings. The summed E-state index contributed by atoms with van der Waals surface area (Å²) in [5.41, 5.74) is 2.74. The highest BCUT2D eigenvalue weighted by Gasteiger charge is 2.17. The van der Waals surface area contributed by atoms with Crippen LogP contribution in [0.3, 0.4) is 0 Å². The summed E-state index contributed by atoms with van der Waals surface area (Å²) in [7, 11) is 1.14. The average molecular weight is 429 g/mol. The second kappa shape index (κ2) is 11.2. The zero-order valence-corrected chi connectivity index (χ0v) is 18.7. The van der Waals surface area contributed by atoms with Crippen molar-refractivity contribution in [3.63, 3.8) is 0 Å². The third-order valence-corrected chi connectivity index (χ3v) is 6.50. The van der Waals surface area contributed by atoms with Crippen molar-refractivity contribution in [2.24, 2.45) is 0 Å². The highest BCUT2D eigenvalue weighted by molar-refractivity contribution is 7.83. The molecule has 7 heteroatoms. The van der Waals surface area contributed by atoms with Gasteiger partial charge in [0.15, 0.2) is 0 Å². The third kappa shape index (κ3) is 7.55. The van der Waals surface area contributed by atoms with Crippen LogP contribution in [0.25, 0.3) is 0 Å². The molecule has 1 saturated heterocycles. The summed E-state index contributed by atoms with van der Waals surface area (Å²) in [6.07, 6.45) is 0. The zero-order valence-electron chi connectivity index (χ0n) is 17.8. The zero-order chi connectivity index (χ0) is 21.3. The number of hydrogen-bond donors (Lipinski definition) is 2. The maximum atomic E-state index is 12.5. The maximum absolute atomic E-state index is 12.5. The van der Waals surface area contributed by atoms with Gasteiger partial charge in [-0.25, -0.2) is 4.79 Å². The maximum Gasteiger partial charge on any atom is 0.319 e. The Hall–Kier alpha value is -2.22. The van der Waals surface area contributed by atoms with Crippen LogP contribution in [-0.2, 0) is 22.3 Å². The Morgan fingerprint density at radius 1 is 1.00 bits per heavy atom. The molecule has 1 aliphatic rings. The van der Waals surface area contributed by atoms with Gasteiger partial charge >= 0.3 is 6.03 Å². The highest BCUT2D eigenvalue weighted by Crippen LogP contribution is 2.14. The molecule has 0 bridgehead atoms. The summed E-state index contributed by atoms with van der Waals surface area (Å²) in [6.45, 7) is 7.08. The van der Waals surface area contributed by atoms with Crippen LogP contribution < -0.4 is 10.6 Å². The fraction of sp³-hybridized carbons (Fsp3) is 0.435. The number of nitrogens with one attached hydrogen (secondary N) is 2. The molecule has 0 aliphatic carbocycles. The molecule has 0 saturated carbocycles. The summed E-state index contributed by atoms with van der Waals surface area (Å²) < 4.78 is 12.5. The monoisotopic (exact) mass is 428 g/mol. The molecular formula is C23H32N4O2S. The number of urea groups is 1. The number of carbonyl (C=O) groups is 1. The number of anilines is 1. The van der Waals surface area contributed by atoms with Crippen molar-refractivity contribution in [3.05, 3.63) is 65.7 Å². The van der Waals surface area contributed by atoms with E-state index in [9.17, 15) is 9.00 Å². The van der Waals surface area contributed by atoms with E-state index >= 15 is 0 Å². The fourth-order valence-electron chi connectivity index (χ4n) is 3.59. The normalized spacial score (nSPS) is 17.3. The van der Waals surface area contributed by atoms with Crippen LogP contribution in [0, 0.1) is 0 Å². The van der Waals surface area contributed by atoms with Crippen molar-refractivity contribution in [2.45, 2.75) is 24.5 Å². The average Bonchev–Trinajstić information content (AvgIpc) is 2.70. The summed E-state index contributed by atoms with van der Waals surface area (Å²) in [6, 6.07) is 17.3. The lowest BCUT2D eigenvalue weighted by Gasteiger charge is -2.34. The van der Waals surface area contributed by atoms with E-state index in [1.54, 1.807) is 0 Å². The van der Waals surface area contributed by atoms with Gasteiger partial charge in [-0.2, -0.15) is 0 Å². The number of likely N-dealkylation sites (N-methyl/N-ethyl adjacent to an activating group) is 1. The first-order valence-electron chi connectivity index (χ1n) is 10.4. The van der Waals surface area contributed by atoms with Gasteiger partial charge in [-0.05, 0) is 37.2 Å². The van der Waals surface area contributed by atoms with Gasteiger partial charge in [0.25, 0.3) is 0 Å². The Balaban J connectivity index is 1.45. The summed E-state index contributed by atoms with van der Waals surface area (Å²) >= 11 is 0. The molecule has 3 rings (SSSR count). The van der Waals surface area contributed by atoms with E-state index in [0.717, 1.165) is 43.9 Å². The van der Waals surface area contributed by atoms with Gasteiger partial charge in [0.2, 0.25) is 0 Å². The summed E-state index contributed by atoms with van der Waals surface area (Å²) in [5.74, 6) is 0.995. The second-order valence-electron chi connectivity index (χ2n) is 8.02. The number of carbonyl (C=O) groups excluding carboxylic acids is 1. The van der Waals surface area contributed by atoms with Gasteiger partial charge in [0, 0.05) is 66.8 Å². The molecule has 2 N–H and O–H groups in total. The molecule has 0 spiro atoms. The Morgan fingerprint density at radius 3 is 2.40 bits per heavy atom. The summed E-state index contributed by atoms with van der Waals surface area (Å²) in [5, 5.41) is 5.92. The quantitative estimate of drug-likeness (QED) is 0.679. The molecule has 1 aliphatic heterocycles. The van der Waals surface area contributed by atoms with Gasteiger partial charge in [-0.3, -0.25) is 9.11 Å². The van der Waals surface area contributed by atoms with Gasteiger partial charge in [-0.1, -0.05) is 42.5 Å². The minimum absolute atomic E-state index is 0.0648. The van der Waals surface area contributed by atoms with Gasteiger partial charge in [-0.15, -0.1) is 0 Å². The number of piperazine rings is 1. The standard InChI is InChI=1S/C23H32N4O2S/c1-19(16-27-13-11-26(2)12-14-27)24-23(28)25-22-10-6-9-21(15-22)18-30(29)17-20-7-4-3-5-8-20/h3-10,15,19H,11-14,16-18H2,1-2H3,(H2,24,25,28)/t19-,30-/m1/s1. The van der Waals surface area contributed by atoms with Crippen molar-refractivity contribution >= 4 is 22.5 Å².